The third-order valence-corrected chi connectivity index (χ3v) is 5.26. The lowest BCUT2D eigenvalue weighted by atomic mass is 9.63. The largest absolute Gasteiger partial charge is 0.324 e. The predicted molar refractivity (Wildman–Crippen MR) is 74.5 cm³/mol. The number of fused-ring (bicyclic) bond motifs is 1. The van der Waals surface area contributed by atoms with Crippen LogP contribution in [-0.2, 0) is 6.42 Å². The standard InChI is InChI=1S/C16H24N2/c1-12-6-2-3-10-16(12,17)14-9-4-7-13-8-5-11-18-15(13)14/h5,8,11-12,14H,2-4,6-7,9-10,17H2,1H3. The minimum Gasteiger partial charge on any atom is -0.324 e. The number of aromatic nitrogens is 1. The van der Waals surface area contributed by atoms with E-state index in [-0.39, 0.29) is 5.54 Å². The number of rotatable bonds is 1. The molecular weight excluding hydrogens is 220 g/mol. The molecule has 3 atom stereocenters. The molecule has 1 fully saturated rings. The first-order valence-corrected chi connectivity index (χ1v) is 7.44. The molecule has 98 valence electrons. The molecule has 0 aromatic carbocycles. The minimum atomic E-state index is -0.0121. The molecule has 0 radical (unpaired) electrons. The second-order valence-electron chi connectivity index (χ2n) is 6.25. The van der Waals surface area contributed by atoms with Gasteiger partial charge in [-0.15, -0.1) is 0 Å². The van der Waals surface area contributed by atoms with Crippen LogP contribution >= 0.6 is 0 Å². The molecule has 1 aromatic heterocycles. The number of aryl methyl sites for hydroxylation is 1. The summed E-state index contributed by atoms with van der Waals surface area (Å²) in [5, 5.41) is 0. The van der Waals surface area contributed by atoms with E-state index >= 15 is 0 Å². The zero-order chi connectivity index (χ0) is 12.6. The number of nitrogens with zero attached hydrogens (tertiary/aromatic N) is 1. The highest BCUT2D eigenvalue weighted by atomic mass is 14.8. The molecule has 1 saturated carbocycles. The van der Waals surface area contributed by atoms with E-state index in [1.54, 1.807) is 0 Å². The zero-order valence-electron chi connectivity index (χ0n) is 11.4. The number of nitrogens with two attached hydrogens (primary N) is 1. The summed E-state index contributed by atoms with van der Waals surface area (Å²) >= 11 is 0. The summed E-state index contributed by atoms with van der Waals surface area (Å²) in [4.78, 5) is 4.68. The molecule has 1 aromatic rings. The van der Waals surface area contributed by atoms with Crippen LogP contribution < -0.4 is 5.73 Å². The van der Waals surface area contributed by atoms with E-state index in [1.807, 2.05) is 6.20 Å². The van der Waals surface area contributed by atoms with E-state index in [4.69, 9.17) is 5.73 Å². The van der Waals surface area contributed by atoms with Crippen molar-refractivity contribution < 1.29 is 0 Å². The SMILES string of the molecule is CC1CCCCC1(N)C1CCCc2cccnc21. The van der Waals surface area contributed by atoms with Crippen molar-refractivity contribution >= 4 is 0 Å². The van der Waals surface area contributed by atoms with Crippen molar-refractivity contribution in [1.29, 1.82) is 0 Å². The fraction of sp³-hybridized carbons (Fsp3) is 0.688. The Hall–Kier alpha value is -0.890. The van der Waals surface area contributed by atoms with Crippen LogP contribution in [-0.4, -0.2) is 10.5 Å². The molecule has 3 unspecified atom stereocenters. The minimum absolute atomic E-state index is 0.0121. The van der Waals surface area contributed by atoms with Gasteiger partial charge in [-0.1, -0.05) is 25.8 Å². The van der Waals surface area contributed by atoms with Gasteiger partial charge in [-0.05, 0) is 49.7 Å². The highest BCUT2D eigenvalue weighted by Crippen LogP contribution is 2.46. The van der Waals surface area contributed by atoms with Gasteiger partial charge in [0.1, 0.15) is 0 Å². The van der Waals surface area contributed by atoms with Crippen molar-refractivity contribution in [1.82, 2.24) is 4.98 Å². The molecule has 2 aliphatic rings. The lowest BCUT2D eigenvalue weighted by Crippen LogP contribution is -2.53. The van der Waals surface area contributed by atoms with Gasteiger partial charge < -0.3 is 5.73 Å². The Labute approximate surface area is 110 Å². The Morgan fingerprint density at radius 1 is 1.28 bits per heavy atom. The van der Waals surface area contributed by atoms with Crippen LogP contribution in [0.4, 0.5) is 0 Å². The average Bonchev–Trinajstić information content (AvgIpc) is 2.41. The summed E-state index contributed by atoms with van der Waals surface area (Å²) < 4.78 is 0. The molecule has 0 amide bonds. The van der Waals surface area contributed by atoms with E-state index < -0.39 is 0 Å². The lowest BCUT2D eigenvalue weighted by Gasteiger charge is -2.47. The van der Waals surface area contributed by atoms with Crippen molar-refractivity contribution in [3.63, 3.8) is 0 Å². The van der Waals surface area contributed by atoms with Crippen molar-refractivity contribution in [3.8, 4) is 0 Å². The molecular formula is C16H24N2. The van der Waals surface area contributed by atoms with Gasteiger partial charge in [0.2, 0.25) is 0 Å². The first-order valence-electron chi connectivity index (χ1n) is 7.44. The van der Waals surface area contributed by atoms with Gasteiger partial charge in [-0.25, -0.2) is 0 Å². The monoisotopic (exact) mass is 244 g/mol. The van der Waals surface area contributed by atoms with Crippen molar-refractivity contribution in [2.75, 3.05) is 0 Å². The summed E-state index contributed by atoms with van der Waals surface area (Å²) in [5.74, 6) is 1.11. The maximum Gasteiger partial charge on any atom is 0.0484 e. The summed E-state index contributed by atoms with van der Waals surface area (Å²) in [7, 11) is 0. The smallest absolute Gasteiger partial charge is 0.0484 e. The molecule has 0 bridgehead atoms. The lowest BCUT2D eigenvalue weighted by molar-refractivity contribution is 0.154. The van der Waals surface area contributed by atoms with Crippen LogP contribution in [0.2, 0.25) is 0 Å². The quantitative estimate of drug-likeness (QED) is 0.822. The number of pyridine rings is 1. The topological polar surface area (TPSA) is 38.9 Å². The van der Waals surface area contributed by atoms with E-state index in [1.165, 1.54) is 56.2 Å². The van der Waals surface area contributed by atoms with Gasteiger partial charge in [0.25, 0.3) is 0 Å². The molecule has 2 N–H and O–H groups in total. The fourth-order valence-corrected chi connectivity index (χ4v) is 4.05. The number of hydrogen-bond donors (Lipinski definition) is 1. The molecule has 0 aliphatic heterocycles. The summed E-state index contributed by atoms with van der Waals surface area (Å²) in [6, 6.07) is 4.31. The van der Waals surface area contributed by atoms with E-state index in [0.29, 0.717) is 11.8 Å². The highest BCUT2D eigenvalue weighted by Gasteiger charge is 2.43. The second kappa shape index (κ2) is 4.65. The van der Waals surface area contributed by atoms with Crippen LogP contribution in [0.15, 0.2) is 18.3 Å². The Bertz CT molecular complexity index is 429. The van der Waals surface area contributed by atoms with Gasteiger partial charge in [0, 0.05) is 23.3 Å². The maximum absolute atomic E-state index is 6.85. The Morgan fingerprint density at radius 3 is 3.00 bits per heavy atom. The van der Waals surface area contributed by atoms with Crippen molar-refractivity contribution in [2.24, 2.45) is 11.7 Å². The average molecular weight is 244 g/mol. The summed E-state index contributed by atoms with van der Waals surface area (Å²) in [6.45, 7) is 2.34. The molecule has 2 heteroatoms. The van der Waals surface area contributed by atoms with Crippen LogP contribution in [0.5, 0.6) is 0 Å². The molecule has 18 heavy (non-hydrogen) atoms. The highest BCUT2D eigenvalue weighted by molar-refractivity contribution is 5.30. The third-order valence-electron chi connectivity index (χ3n) is 5.26. The number of hydrogen-bond acceptors (Lipinski definition) is 2. The van der Waals surface area contributed by atoms with Crippen LogP contribution in [0.25, 0.3) is 0 Å². The third kappa shape index (κ3) is 1.87. The fourth-order valence-electron chi connectivity index (χ4n) is 4.05. The molecule has 0 saturated heterocycles. The second-order valence-corrected chi connectivity index (χ2v) is 6.25. The van der Waals surface area contributed by atoms with E-state index in [9.17, 15) is 0 Å². The van der Waals surface area contributed by atoms with Gasteiger partial charge >= 0.3 is 0 Å². The van der Waals surface area contributed by atoms with Gasteiger partial charge in [0.05, 0.1) is 0 Å². The van der Waals surface area contributed by atoms with Gasteiger partial charge in [0.15, 0.2) is 0 Å². The Balaban J connectivity index is 1.97. The first-order chi connectivity index (χ1) is 8.72. The molecule has 3 rings (SSSR count). The normalized spacial score (nSPS) is 36.1. The predicted octanol–water partition coefficient (Wildman–Crippen LogP) is 3.41. The molecule has 1 heterocycles. The Kier molecular flexibility index (Phi) is 3.14. The van der Waals surface area contributed by atoms with Gasteiger partial charge in [-0.2, -0.15) is 0 Å². The molecule has 0 spiro atoms. The van der Waals surface area contributed by atoms with E-state index in [2.05, 4.69) is 24.0 Å². The molecule has 2 nitrogen and oxygen atoms in total. The van der Waals surface area contributed by atoms with Gasteiger partial charge in [-0.3, -0.25) is 4.98 Å². The maximum atomic E-state index is 6.85. The van der Waals surface area contributed by atoms with Crippen LogP contribution in [0.3, 0.4) is 0 Å². The van der Waals surface area contributed by atoms with Crippen molar-refractivity contribution in [3.05, 3.63) is 29.6 Å². The van der Waals surface area contributed by atoms with E-state index in [0.717, 1.165) is 0 Å². The summed E-state index contributed by atoms with van der Waals surface area (Å²) in [5.41, 5.74) is 9.59. The zero-order valence-corrected chi connectivity index (χ0v) is 11.4. The first kappa shape index (κ1) is 12.2. The Morgan fingerprint density at radius 2 is 2.17 bits per heavy atom. The van der Waals surface area contributed by atoms with Crippen LogP contribution in [0, 0.1) is 5.92 Å². The van der Waals surface area contributed by atoms with Crippen molar-refractivity contribution in [2.45, 2.75) is 63.3 Å². The summed E-state index contributed by atoms with van der Waals surface area (Å²) in [6.07, 6.45) is 10.7. The molecule has 2 aliphatic carbocycles. The van der Waals surface area contributed by atoms with Crippen LogP contribution in [0.1, 0.15) is 62.6 Å².